The summed E-state index contributed by atoms with van der Waals surface area (Å²) in [4.78, 5) is 60.9. The molecule has 0 aromatic heterocycles. The number of nitrogens with one attached hydrogen (secondary N) is 3. The van der Waals surface area contributed by atoms with Gasteiger partial charge in [0.1, 0.15) is 18.1 Å². The monoisotopic (exact) mass is 472 g/mol. The molecule has 0 heterocycles. The Morgan fingerprint density at radius 2 is 1.33 bits per heavy atom. The first-order valence-electron chi connectivity index (χ1n) is 11.2. The molecule has 190 valence electrons. The number of carboxylic acid groups (broad SMARTS) is 1. The van der Waals surface area contributed by atoms with Crippen molar-refractivity contribution in [3.8, 4) is 0 Å². The molecule has 0 aromatic rings. The van der Waals surface area contributed by atoms with E-state index in [0.717, 1.165) is 0 Å². The number of hydrogen-bond acceptors (Lipinski definition) is 7. The summed E-state index contributed by atoms with van der Waals surface area (Å²) in [5.74, 6) is -4.38. The van der Waals surface area contributed by atoms with Crippen molar-refractivity contribution in [1.82, 2.24) is 16.0 Å². The minimum Gasteiger partial charge on any atom is -0.480 e. The van der Waals surface area contributed by atoms with E-state index in [9.17, 15) is 29.1 Å². The van der Waals surface area contributed by atoms with Gasteiger partial charge in [0.15, 0.2) is 0 Å². The lowest BCUT2D eigenvalue weighted by atomic mass is 10.0. The van der Waals surface area contributed by atoms with Crippen LogP contribution < -0.4 is 33.2 Å². The molecule has 0 saturated carbocycles. The van der Waals surface area contributed by atoms with Crippen LogP contribution in [0.25, 0.3) is 0 Å². The van der Waals surface area contributed by atoms with Gasteiger partial charge in [0.05, 0.1) is 12.5 Å². The van der Waals surface area contributed by atoms with Crippen LogP contribution in [0, 0.1) is 11.8 Å². The average molecular weight is 473 g/mol. The predicted molar refractivity (Wildman–Crippen MR) is 122 cm³/mol. The number of amides is 4. The van der Waals surface area contributed by atoms with E-state index in [4.69, 9.17) is 17.2 Å². The zero-order valence-electron chi connectivity index (χ0n) is 19.9. The third-order valence-electron chi connectivity index (χ3n) is 4.96. The van der Waals surface area contributed by atoms with Gasteiger partial charge < -0.3 is 38.3 Å². The molecule has 0 aliphatic rings. The van der Waals surface area contributed by atoms with Crippen molar-refractivity contribution < 1.29 is 29.1 Å². The number of primary amides is 1. The zero-order valence-corrected chi connectivity index (χ0v) is 19.9. The lowest BCUT2D eigenvalue weighted by Crippen LogP contribution is -2.58. The summed E-state index contributed by atoms with van der Waals surface area (Å²) in [6, 6.07) is -4.46. The highest BCUT2D eigenvalue weighted by Gasteiger charge is 2.31. The van der Waals surface area contributed by atoms with Crippen molar-refractivity contribution in [3.63, 3.8) is 0 Å². The Labute approximate surface area is 194 Å². The molecule has 0 spiro atoms. The highest BCUT2D eigenvalue weighted by molar-refractivity contribution is 5.96. The summed E-state index contributed by atoms with van der Waals surface area (Å²) in [7, 11) is 0. The van der Waals surface area contributed by atoms with E-state index in [2.05, 4.69) is 16.0 Å². The Bertz CT molecular complexity index is 684. The molecule has 0 aromatic carbocycles. The van der Waals surface area contributed by atoms with Gasteiger partial charge in [-0.1, -0.05) is 27.7 Å². The number of aliphatic carboxylic acids is 1. The number of hydrogen-bond donors (Lipinski definition) is 7. The van der Waals surface area contributed by atoms with E-state index < -0.39 is 60.2 Å². The normalized spacial score (nSPS) is 14.8. The van der Waals surface area contributed by atoms with Gasteiger partial charge in [0, 0.05) is 0 Å². The molecule has 4 atom stereocenters. The molecule has 0 saturated heterocycles. The molecule has 10 N–H and O–H groups in total. The molecule has 0 fully saturated rings. The number of unbranched alkanes of at least 4 members (excludes halogenated alkanes) is 1. The minimum absolute atomic E-state index is 0.0277. The Kier molecular flexibility index (Phi) is 13.9. The maximum Gasteiger partial charge on any atom is 0.326 e. The van der Waals surface area contributed by atoms with Crippen LogP contribution in [0.1, 0.15) is 59.8 Å². The van der Waals surface area contributed by atoms with Crippen LogP contribution in [0.15, 0.2) is 0 Å². The summed E-state index contributed by atoms with van der Waals surface area (Å²) < 4.78 is 0. The van der Waals surface area contributed by atoms with Gasteiger partial charge in [-0.3, -0.25) is 19.2 Å². The first-order valence-corrected chi connectivity index (χ1v) is 11.2. The average Bonchev–Trinajstić information content (AvgIpc) is 2.70. The topological polar surface area (TPSA) is 220 Å². The van der Waals surface area contributed by atoms with Crippen LogP contribution >= 0.6 is 0 Å². The van der Waals surface area contributed by atoms with E-state index in [1.165, 1.54) is 0 Å². The van der Waals surface area contributed by atoms with Gasteiger partial charge in [0.2, 0.25) is 23.6 Å². The third kappa shape index (κ3) is 12.2. The van der Waals surface area contributed by atoms with Gasteiger partial charge in [-0.05, 0) is 44.1 Å². The Morgan fingerprint density at radius 3 is 1.79 bits per heavy atom. The van der Waals surface area contributed by atoms with Crippen molar-refractivity contribution in [1.29, 1.82) is 0 Å². The molecule has 4 unspecified atom stereocenters. The fraction of sp³-hybridized carbons (Fsp3) is 0.762. The Hall–Kier alpha value is -2.73. The first kappa shape index (κ1) is 30.3. The first-order chi connectivity index (χ1) is 15.3. The molecule has 0 aliphatic carbocycles. The predicted octanol–water partition coefficient (Wildman–Crippen LogP) is -1.44. The van der Waals surface area contributed by atoms with Crippen LogP contribution in [0.3, 0.4) is 0 Å². The number of carboxylic acids is 1. The summed E-state index contributed by atoms with van der Waals surface area (Å²) in [6.07, 6.45) is 1.02. The van der Waals surface area contributed by atoms with Gasteiger partial charge >= 0.3 is 5.97 Å². The minimum atomic E-state index is -1.33. The number of rotatable bonds is 16. The Morgan fingerprint density at radius 1 is 0.818 bits per heavy atom. The third-order valence-corrected chi connectivity index (χ3v) is 4.96. The van der Waals surface area contributed by atoms with Crippen LogP contribution in [0.4, 0.5) is 0 Å². The van der Waals surface area contributed by atoms with Crippen LogP contribution in [0.5, 0.6) is 0 Å². The quantitative estimate of drug-likeness (QED) is 0.131. The lowest BCUT2D eigenvalue weighted by Gasteiger charge is -2.26. The maximum atomic E-state index is 12.8. The van der Waals surface area contributed by atoms with Gasteiger partial charge in [-0.25, -0.2) is 4.79 Å². The van der Waals surface area contributed by atoms with E-state index in [1.54, 1.807) is 13.8 Å². The molecule has 0 radical (unpaired) electrons. The second-order valence-corrected chi connectivity index (χ2v) is 8.88. The lowest BCUT2D eigenvalue weighted by molar-refractivity contribution is -0.142. The number of carbonyl (C=O) groups excluding carboxylic acids is 4. The SMILES string of the molecule is CC(C)CC(NC(=O)C(CC(N)=O)NC(=O)C(N)C(C)C)C(=O)NC(CCCCN)C(=O)O. The van der Waals surface area contributed by atoms with E-state index in [-0.39, 0.29) is 24.7 Å². The molecular formula is C21H40N6O6. The van der Waals surface area contributed by atoms with Crippen LogP contribution in [-0.2, 0) is 24.0 Å². The number of nitrogens with two attached hydrogens (primary N) is 3. The van der Waals surface area contributed by atoms with E-state index in [1.807, 2.05) is 13.8 Å². The van der Waals surface area contributed by atoms with E-state index >= 15 is 0 Å². The molecule has 0 aliphatic heterocycles. The molecule has 12 heteroatoms. The Balaban J connectivity index is 5.48. The van der Waals surface area contributed by atoms with Gasteiger partial charge in [-0.15, -0.1) is 0 Å². The van der Waals surface area contributed by atoms with Crippen molar-refractivity contribution in [2.75, 3.05) is 6.54 Å². The fourth-order valence-corrected chi connectivity index (χ4v) is 2.98. The van der Waals surface area contributed by atoms with Crippen molar-refractivity contribution in [3.05, 3.63) is 0 Å². The van der Waals surface area contributed by atoms with Crippen LogP contribution in [0.2, 0.25) is 0 Å². The second-order valence-electron chi connectivity index (χ2n) is 8.88. The molecular weight excluding hydrogens is 432 g/mol. The molecule has 12 nitrogen and oxygen atoms in total. The van der Waals surface area contributed by atoms with E-state index in [0.29, 0.717) is 19.4 Å². The molecule has 0 rings (SSSR count). The molecule has 33 heavy (non-hydrogen) atoms. The van der Waals surface area contributed by atoms with Gasteiger partial charge in [0.25, 0.3) is 0 Å². The van der Waals surface area contributed by atoms with Crippen LogP contribution in [-0.4, -0.2) is 65.4 Å². The summed E-state index contributed by atoms with van der Waals surface area (Å²) in [5.41, 5.74) is 16.4. The summed E-state index contributed by atoms with van der Waals surface area (Å²) in [5, 5.41) is 16.8. The zero-order chi connectivity index (χ0) is 25.7. The molecule has 0 bridgehead atoms. The fourth-order valence-electron chi connectivity index (χ4n) is 2.98. The van der Waals surface area contributed by atoms with Crippen molar-refractivity contribution in [2.45, 2.75) is 84.0 Å². The summed E-state index contributed by atoms with van der Waals surface area (Å²) >= 11 is 0. The van der Waals surface area contributed by atoms with Gasteiger partial charge in [-0.2, -0.15) is 0 Å². The smallest absolute Gasteiger partial charge is 0.326 e. The second kappa shape index (κ2) is 15.2. The summed E-state index contributed by atoms with van der Waals surface area (Å²) in [6.45, 7) is 7.50. The molecule has 4 amide bonds. The van der Waals surface area contributed by atoms with Crippen molar-refractivity contribution >= 4 is 29.6 Å². The largest absolute Gasteiger partial charge is 0.480 e. The number of carbonyl (C=O) groups is 5. The standard InChI is InChI=1S/C21H40N6O6/c1-11(2)9-14(18(29)25-13(21(32)33)7-5-6-8-22)26-19(30)15(10-16(23)28)27-20(31)17(24)12(3)4/h11-15,17H,5-10,22,24H2,1-4H3,(H2,23,28)(H,25,29)(H,26,30)(H,27,31)(H,32,33). The maximum absolute atomic E-state index is 12.8. The highest BCUT2D eigenvalue weighted by Crippen LogP contribution is 2.09. The van der Waals surface area contributed by atoms with Crippen molar-refractivity contribution in [2.24, 2.45) is 29.0 Å². The highest BCUT2D eigenvalue weighted by atomic mass is 16.4.